The lowest BCUT2D eigenvalue weighted by Gasteiger charge is -2.10. The highest BCUT2D eigenvalue weighted by atomic mass is 35.5. The summed E-state index contributed by atoms with van der Waals surface area (Å²) in [5.41, 5.74) is 4.58. The number of hydrogen-bond donors (Lipinski definition) is 1. The lowest BCUT2D eigenvalue weighted by atomic mass is 10.0. The van der Waals surface area contributed by atoms with Crippen LogP contribution in [0, 0.1) is 13.8 Å². The van der Waals surface area contributed by atoms with E-state index in [4.69, 9.17) is 16.3 Å². The first-order valence-corrected chi connectivity index (χ1v) is 10.4. The number of aromatic nitrogens is 2. The van der Waals surface area contributed by atoms with Crippen molar-refractivity contribution < 1.29 is 14.3 Å². The van der Waals surface area contributed by atoms with Crippen molar-refractivity contribution >= 4 is 39.9 Å². The first-order chi connectivity index (χ1) is 15.4. The molecule has 0 aliphatic rings. The van der Waals surface area contributed by atoms with Gasteiger partial charge in [-0.3, -0.25) is 9.59 Å². The minimum absolute atomic E-state index is 0.349. The number of carbonyl (C=O) groups excluding carboxylic acids is 2. The van der Waals surface area contributed by atoms with Crippen molar-refractivity contribution in [2.75, 3.05) is 12.4 Å². The summed E-state index contributed by atoms with van der Waals surface area (Å²) < 4.78 is 7.13. The van der Waals surface area contributed by atoms with Gasteiger partial charge in [-0.1, -0.05) is 35.9 Å². The molecule has 1 amide bonds. The first-order valence-electron chi connectivity index (χ1n) is 10.1. The van der Waals surface area contributed by atoms with Gasteiger partial charge in [-0.05, 0) is 49.2 Å². The molecule has 0 unspecified atom stereocenters. The average Bonchev–Trinajstić information content (AvgIpc) is 3.05. The molecule has 2 aromatic heterocycles. The highest BCUT2D eigenvalue weighted by molar-refractivity contribution is 6.48. The Morgan fingerprint density at radius 3 is 2.53 bits per heavy atom. The van der Waals surface area contributed by atoms with Gasteiger partial charge in [0.05, 0.1) is 12.7 Å². The summed E-state index contributed by atoms with van der Waals surface area (Å²) in [7, 11) is 1.49. The second kappa shape index (κ2) is 8.85. The monoisotopic (exact) mass is 447 g/mol. The van der Waals surface area contributed by atoms with E-state index in [0.717, 1.165) is 27.7 Å². The van der Waals surface area contributed by atoms with Gasteiger partial charge in [0, 0.05) is 46.1 Å². The molecule has 0 aliphatic carbocycles. The smallest absolute Gasteiger partial charge is 0.296 e. The van der Waals surface area contributed by atoms with Gasteiger partial charge in [0.1, 0.15) is 0 Å². The van der Waals surface area contributed by atoms with E-state index in [9.17, 15) is 9.59 Å². The number of amides is 1. The van der Waals surface area contributed by atoms with Crippen molar-refractivity contribution in [3.05, 3.63) is 88.2 Å². The molecule has 32 heavy (non-hydrogen) atoms. The van der Waals surface area contributed by atoms with Crippen molar-refractivity contribution in [3.63, 3.8) is 0 Å². The predicted molar refractivity (Wildman–Crippen MR) is 126 cm³/mol. The number of benzene rings is 2. The number of rotatable bonds is 6. The molecule has 0 radical (unpaired) electrons. The largest absolute Gasteiger partial charge is 0.481 e. The normalized spacial score (nSPS) is 10.9. The molecule has 0 saturated heterocycles. The number of nitrogens with one attached hydrogen (secondary N) is 1. The Hall–Kier alpha value is -3.64. The molecule has 0 bridgehead atoms. The van der Waals surface area contributed by atoms with Gasteiger partial charge in [0.2, 0.25) is 5.88 Å². The number of nitrogens with zero attached hydrogens (tertiary/aromatic N) is 2. The fourth-order valence-corrected chi connectivity index (χ4v) is 3.88. The van der Waals surface area contributed by atoms with Crippen LogP contribution in [0.15, 0.2) is 60.8 Å². The van der Waals surface area contributed by atoms with Crippen LogP contribution in [0.2, 0.25) is 5.02 Å². The minimum atomic E-state index is -0.715. The fraction of sp³-hybridized carbons (Fsp3) is 0.160. The molecule has 0 spiro atoms. The third-order valence-corrected chi connectivity index (χ3v) is 5.62. The summed E-state index contributed by atoms with van der Waals surface area (Å²) in [6.07, 6.45) is 1.50. The Morgan fingerprint density at radius 2 is 1.81 bits per heavy atom. The van der Waals surface area contributed by atoms with Crippen LogP contribution in [0.25, 0.3) is 10.9 Å². The Balaban J connectivity index is 1.73. The molecule has 1 N–H and O–H groups in total. The maximum Gasteiger partial charge on any atom is 0.296 e. The molecular formula is C25H22ClN3O3. The third kappa shape index (κ3) is 4.22. The average molecular weight is 448 g/mol. The second-order valence-electron chi connectivity index (χ2n) is 7.56. The molecule has 0 fully saturated rings. The predicted octanol–water partition coefficient (Wildman–Crippen LogP) is 5.18. The zero-order valence-electron chi connectivity index (χ0n) is 18.0. The molecule has 0 saturated carbocycles. The highest BCUT2D eigenvalue weighted by Gasteiger charge is 2.25. The van der Waals surface area contributed by atoms with Gasteiger partial charge in [0.15, 0.2) is 0 Å². The summed E-state index contributed by atoms with van der Waals surface area (Å²) in [6, 6.07) is 16.6. The highest BCUT2D eigenvalue weighted by Crippen LogP contribution is 2.29. The number of methoxy groups -OCH3 is 1. The number of fused-ring (bicyclic) bond motifs is 1. The van der Waals surface area contributed by atoms with Gasteiger partial charge in [-0.15, -0.1) is 0 Å². The number of Topliss-reactive ketones (excluding diaryl/α,β-unsaturated/α-hetero) is 1. The Bertz CT molecular complexity index is 1330. The van der Waals surface area contributed by atoms with Gasteiger partial charge < -0.3 is 14.6 Å². The summed E-state index contributed by atoms with van der Waals surface area (Å²) in [6.45, 7) is 4.42. The van der Waals surface area contributed by atoms with Crippen molar-refractivity contribution in [1.82, 2.24) is 9.55 Å². The quantitative estimate of drug-likeness (QED) is 0.326. The number of aryl methyl sites for hydroxylation is 1. The Morgan fingerprint density at radius 1 is 1.06 bits per heavy atom. The van der Waals surface area contributed by atoms with E-state index < -0.39 is 11.7 Å². The van der Waals surface area contributed by atoms with E-state index in [1.807, 2.05) is 56.3 Å². The van der Waals surface area contributed by atoms with Crippen LogP contribution in [-0.4, -0.2) is 28.4 Å². The standard InChI is InChI=1S/C25H22ClN3O3/c1-15-4-9-20-21(12-15)29(14-17-5-7-18(26)8-6-17)16(2)23(20)24(30)25(31)28-19-10-11-27-22(13-19)32-3/h4-13H,14H2,1-3H3,(H,27,28,31). The Kier molecular flexibility index (Phi) is 5.97. The number of ketones is 1. The maximum atomic E-state index is 13.2. The van der Waals surface area contributed by atoms with E-state index in [1.165, 1.54) is 13.3 Å². The second-order valence-corrected chi connectivity index (χ2v) is 8.00. The van der Waals surface area contributed by atoms with Crippen LogP contribution in [0.3, 0.4) is 0 Å². The number of pyridine rings is 1. The zero-order valence-corrected chi connectivity index (χ0v) is 18.7. The van der Waals surface area contributed by atoms with Crippen LogP contribution in [-0.2, 0) is 11.3 Å². The maximum absolute atomic E-state index is 13.2. The molecule has 4 rings (SSSR count). The topological polar surface area (TPSA) is 73.2 Å². The fourth-order valence-electron chi connectivity index (χ4n) is 3.75. The van der Waals surface area contributed by atoms with Crippen LogP contribution < -0.4 is 10.1 Å². The van der Waals surface area contributed by atoms with Crippen LogP contribution in [0.1, 0.15) is 27.2 Å². The lowest BCUT2D eigenvalue weighted by molar-refractivity contribution is -0.112. The number of hydrogen-bond acceptors (Lipinski definition) is 4. The molecule has 0 atom stereocenters. The number of ether oxygens (including phenoxy) is 1. The van der Waals surface area contributed by atoms with Crippen LogP contribution in [0.4, 0.5) is 5.69 Å². The van der Waals surface area contributed by atoms with Crippen molar-refractivity contribution in [3.8, 4) is 5.88 Å². The molecule has 4 aromatic rings. The van der Waals surface area contributed by atoms with E-state index in [-0.39, 0.29) is 0 Å². The minimum Gasteiger partial charge on any atom is -0.481 e. The van der Waals surface area contributed by atoms with Crippen LogP contribution in [0.5, 0.6) is 5.88 Å². The van der Waals surface area contributed by atoms with Crippen molar-refractivity contribution in [2.24, 2.45) is 0 Å². The van der Waals surface area contributed by atoms with E-state index in [1.54, 1.807) is 12.1 Å². The lowest BCUT2D eigenvalue weighted by Crippen LogP contribution is -2.23. The SMILES string of the molecule is COc1cc(NC(=O)C(=O)c2c(C)n(Cc3ccc(Cl)cc3)c3cc(C)ccc23)ccn1. The van der Waals surface area contributed by atoms with Gasteiger partial charge in [-0.2, -0.15) is 0 Å². The molecule has 6 nitrogen and oxygen atoms in total. The van der Waals surface area contributed by atoms with Crippen molar-refractivity contribution in [2.45, 2.75) is 20.4 Å². The van der Waals surface area contributed by atoms with Gasteiger partial charge in [-0.25, -0.2) is 4.98 Å². The number of carbonyl (C=O) groups is 2. The van der Waals surface area contributed by atoms with Crippen molar-refractivity contribution in [1.29, 1.82) is 0 Å². The molecular weight excluding hydrogens is 426 g/mol. The number of anilines is 1. The molecule has 7 heteroatoms. The van der Waals surface area contributed by atoms with E-state index in [2.05, 4.69) is 14.9 Å². The van der Waals surface area contributed by atoms with Gasteiger partial charge in [0.25, 0.3) is 11.7 Å². The van der Waals surface area contributed by atoms with Gasteiger partial charge >= 0.3 is 0 Å². The molecule has 2 aromatic carbocycles. The summed E-state index contributed by atoms with van der Waals surface area (Å²) in [4.78, 5) is 30.1. The molecule has 162 valence electrons. The first kappa shape index (κ1) is 21.6. The Labute approximate surface area is 190 Å². The summed E-state index contributed by atoms with van der Waals surface area (Å²) in [5, 5.41) is 4.06. The summed E-state index contributed by atoms with van der Waals surface area (Å²) in [5.74, 6) is -0.962. The van der Waals surface area contributed by atoms with E-state index >= 15 is 0 Å². The van der Waals surface area contributed by atoms with E-state index in [0.29, 0.717) is 28.7 Å². The summed E-state index contributed by atoms with van der Waals surface area (Å²) >= 11 is 6.02. The zero-order chi connectivity index (χ0) is 22.8. The molecule has 0 aliphatic heterocycles. The number of halogens is 1. The van der Waals surface area contributed by atoms with Crippen LogP contribution >= 0.6 is 11.6 Å². The molecule has 2 heterocycles. The third-order valence-electron chi connectivity index (χ3n) is 5.37.